The maximum absolute atomic E-state index is 6.22. The average molecular weight is 793 g/mol. The molecule has 5 heteroatoms. The third-order valence-corrected chi connectivity index (χ3v) is 11.8. The summed E-state index contributed by atoms with van der Waals surface area (Å²) >= 11 is 0. The van der Waals surface area contributed by atoms with Crippen molar-refractivity contribution in [1.29, 1.82) is 0 Å². The van der Waals surface area contributed by atoms with Gasteiger partial charge in [-0.3, -0.25) is 0 Å². The van der Waals surface area contributed by atoms with Crippen LogP contribution in [0.25, 0.3) is 117 Å². The first kappa shape index (κ1) is 35.5. The van der Waals surface area contributed by atoms with Crippen molar-refractivity contribution in [3.8, 4) is 78.7 Å². The van der Waals surface area contributed by atoms with Crippen molar-refractivity contribution in [1.82, 2.24) is 19.6 Å². The highest BCUT2D eigenvalue weighted by Crippen LogP contribution is 2.41. The molecule has 0 aliphatic heterocycles. The van der Waals surface area contributed by atoms with Gasteiger partial charge in [-0.1, -0.05) is 182 Å². The van der Waals surface area contributed by atoms with Crippen LogP contribution in [0.4, 0.5) is 0 Å². The predicted molar refractivity (Wildman–Crippen MR) is 254 cm³/mol. The van der Waals surface area contributed by atoms with Crippen molar-refractivity contribution in [2.45, 2.75) is 0 Å². The SMILES string of the molecule is c1ccc(-c2cc(-c3ccc(-c4ccc5c(c4)oc4ccccc45)cc3)nc(-c3cccc(-c4cc5ccccc5c5c(-c6ccccc6)c(-c6ccccc6)nn45)c3)n2)cc1. The van der Waals surface area contributed by atoms with Crippen molar-refractivity contribution in [3.63, 3.8) is 0 Å². The Morgan fingerprint density at radius 3 is 1.68 bits per heavy atom. The van der Waals surface area contributed by atoms with Crippen LogP contribution in [-0.2, 0) is 0 Å². The van der Waals surface area contributed by atoms with Crippen molar-refractivity contribution < 1.29 is 4.42 Å². The quantitative estimate of drug-likeness (QED) is 0.161. The number of fused-ring (bicyclic) bond motifs is 6. The zero-order valence-electron chi connectivity index (χ0n) is 33.5. The minimum Gasteiger partial charge on any atom is -0.456 e. The summed E-state index contributed by atoms with van der Waals surface area (Å²) in [5.74, 6) is 0.648. The number of furan rings is 1. The Kier molecular flexibility index (Phi) is 8.42. The van der Waals surface area contributed by atoms with Gasteiger partial charge in [-0.2, -0.15) is 5.10 Å². The number of rotatable bonds is 7. The summed E-state index contributed by atoms with van der Waals surface area (Å²) in [5.41, 5.74) is 15.9. The maximum Gasteiger partial charge on any atom is 0.160 e. The van der Waals surface area contributed by atoms with Crippen LogP contribution in [0, 0.1) is 0 Å². The molecule has 62 heavy (non-hydrogen) atoms. The van der Waals surface area contributed by atoms with Crippen LogP contribution in [0.3, 0.4) is 0 Å². The van der Waals surface area contributed by atoms with Gasteiger partial charge in [-0.15, -0.1) is 0 Å². The van der Waals surface area contributed by atoms with E-state index in [-0.39, 0.29) is 0 Å². The van der Waals surface area contributed by atoms with Gasteiger partial charge in [0.25, 0.3) is 0 Å². The Bertz CT molecular complexity index is 3610. The summed E-state index contributed by atoms with van der Waals surface area (Å²) in [6.45, 7) is 0. The van der Waals surface area contributed by atoms with Gasteiger partial charge in [-0.05, 0) is 58.5 Å². The summed E-state index contributed by atoms with van der Waals surface area (Å²) in [4.78, 5) is 10.5. The van der Waals surface area contributed by atoms with Crippen LogP contribution < -0.4 is 0 Å². The second-order valence-electron chi connectivity index (χ2n) is 15.6. The molecule has 0 saturated heterocycles. The number of aromatic nitrogens is 4. The first-order valence-electron chi connectivity index (χ1n) is 20.8. The number of benzene rings is 8. The van der Waals surface area contributed by atoms with Crippen LogP contribution in [-0.4, -0.2) is 19.6 Å². The molecule has 0 spiro atoms. The first-order chi connectivity index (χ1) is 30.7. The molecule has 12 aromatic rings. The van der Waals surface area contributed by atoms with Crippen molar-refractivity contribution in [2.24, 2.45) is 0 Å². The molecule has 0 radical (unpaired) electrons. The van der Waals surface area contributed by atoms with Gasteiger partial charge < -0.3 is 4.42 Å². The third-order valence-electron chi connectivity index (χ3n) is 11.8. The summed E-state index contributed by atoms with van der Waals surface area (Å²) < 4.78 is 8.35. The summed E-state index contributed by atoms with van der Waals surface area (Å²) in [5, 5.41) is 9.97. The van der Waals surface area contributed by atoms with E-state index in [0.29, 0.717) is 5.82 Å². The lowest BCUT2D eigenvalue weighted by molar-refractivity contribution is 0.669. The van der Waals surface area contributed by atoms with Crippen LogP contribution in [0.2, 0.25) is 0 Å². The molecule has 12 rings (SSSR count). The average Bonchev–Trinajstić information content (AvgIpc) is 3.94. The topological polar surface area (TPSA) is 56.2 Å². The van der Waals surface area contributed by atoms with E-state index >= 15 is 0 Å². The highest BCUT2D eigenvalue weighted by molar-refractivity contribution is 6.09. The highest BCUT2D eigenvalue weighted by atomic mass is 16.3. The Morgan fingerprint density at radius 2 is 0.919 bits per heavy atom. The van der Waals surface area contributed by atoms with Crippen LogP contribution in [0.15, 0.2) is 223 Å². The lowest BCUT2D eigenvalue weighted by atomic mass is 9.97. The maximum atomic E-state index is 6.22. The van der Waals surface area contributed by atoms with Crippen LogP contribution >= 0.6 is 0 Å². The van der Waals surface area contributed by atoms with Crippen LogP contribution in [0.5, 0.6) is 0 Å². The van der Waals surface area contributed by atoms with Gasteiger partial charge in [0.1, 0.15) is 16.9 Å². The minimum absolute atomic E-state index is 0.648. The van der Waals surface area contributed by atoms with Crippen molar-refractivity contribution in [3.05, 3.63) is 218 Å². The Balaban J connectivity index is 0.990. The van der Waals surface area contributed by atoms with Gasteiger partial charge in [0.15, 0.2) is 5.82 Å². The summed E-state index contributed by atoms with van der Waals surface area (Å²) in [7, 11) is 0. The molecule has 0 fully saturated rings. The molecular formula is C57H36N4O. The summed E-state index contributed by atoms with van der Waals surface area (Å²) in [6, 6.07) is 76.1. The summed E-state index contributed by atoms with van der Waals surface area (Å²) in [6.07, 6.45) is 0. The molecule has 0 aliphatic carbocycles. The molecule has 0 bridgehead atoms. The number of para-hydroxylation sites is 1. The molecule has 8 aromatic carbocycles. The third kappa shape index (κ3) is 6.14. The van der Waals surface area contributed by atoms with Gasteiger partial charge in [-0.25, -0.2) is 14.5 Å². The van der Waals surface area contributed by atoms with Crippen molar-refractivity contribution in [2.75, 3.05) is 0 Å². The second-order valence-corrected chi connectivity index (χ2v) is 15.6. The Morgan fingerprint density at radius 1 is 0.355 bits per heavy atom. The van der Waals surface area contributed by atoms with E-state index in [0.717, 1.165) is 111 Å². The van der Waals surface area contributed by atoms with E-state index in [2.05, 4.69) is 187 Å². The Labute approximate surface area is 357 Å². The van der Waals surface area contributed by atoms with E-state index in [1.54, 1.807) is 0 Å². The normalized spacial score (nSPS) is 11.5. The fourth-order valence-corrected chi connectivity index (χ4v) is 8.81. The van der Waals surface area contributed by atoms with E-state index in [1.165, 1.54) is 0 Å². The fraction of sp³-hybridized carbons (Fsp3) is 0. The highest BCUT2D eigenvalue weighted by Gasteiger charge is 2.22. The number of nitrogens with zero attached hydrogens (tertiary/aromatic N) is 4. The molecule has 4 heterocycles. The lowest BCUT2D eigenvalue weighted by Gasteiger charge is -2.13. The molecule has 0 N–H and O–H groups in total. The predicted octanol–water partition coefficient (Wildman–Crippen LogP) is 14.8. The van der Waals surface area contributed by atoms with E-state index in [4.69, 9.17) is 19.5 Å². The Hall–Kier alpha value is -8.41. The van der Waals surface area contributed by atoms with Gasteiger partial charge in [0, 0.05) is 49.5 Å². The second kappa shape index (κ2) is 14.7. The van der Waals surface area contributed by atoms with Gasteiger partial charge in [0.05, 0.1) is 22.6 Å². The van der Waals surface area contributed by atoms with Crippen molar-refractivity contribution >= 4 is 38.2 Å². The lowest BCUT2D eigenvalue weighted by Crippen LogP contribution is -1.98. The van der Waals surface area contributed by atoms with Crippen LogP contribution in [0.1, 0.15) is 0 Å². The zero-order valence-corrected chi connectivity index (χ0v) is 33.5. The standard InChI is InChI=1S/C57H36N4O/c1-4-15-38(16-5-1)49-36-50(39-29-27-37(28-30-39)42-31-32-48-47-25-12-13-26-52(47)62-53(48)35-42)59-57(58-49)45-23-14-22-44(33-45)51-34-43-21-10-11-24-46(43)56-54(40-17-6-2-7-18-40)55(60-61(51)56)41-19-8-3-9-20-41/h1-36H. The number of hydrogen-bond acceptors (Lipinski definition) is 4. The number of hydrogen-bond donors (Lipinski definition) is 0. The van der Waals surface area contributed by atoms with E-state index in [1.807, 2.05) is 36.4 Å². The molecule has 290 valence electrons. The van der Waals surface area contributed by atoms with E-state index in [9.17, 15) is 0 Å². The molecular weight excluding hydrogens is 757 g/mol. The zero-order chi connectivity index (χ0) is 41.0. The molecule has 5 nitrogen and oxygen atoms in total. The van der Waals surface area contributed by atoms with E-state index < -0.39 is 0 Å². The largest absolute Gasteiger partial charge is 0.456 e. The molecule has 0 aliphatic rings. The first-order valence-corrected chi connectivity index (χ1v) is 20.8. The van der Waals surface area contributed by atoms with Gasteiger partial charge >= 0.3 is 0 Å². The fourth-order valence-electron chi connectivity index (χ4n) is 8.81. The van der Waals surface area contributed by atoms with Gasteiger partial charge in [0.2, 0.25) is 0 Å². The molecule has 0 amide bonds. The molecule has 4 aromatic heterocycles. The monoisotopic (exact) mass is 792 g/mol. The molecule has 0 saturated carbocycles. The smallest absolute Gasteiger partial charge is 0.160 e. The minimum atomic E-state index is 0.648. The molecule has 0 atom stereocenters. The molecule has 0 unspecified atom stereocenters. The number of pyridine rings is 1.